The highest BCUT2D eigenvalue weighted by Gasteiger charge is 2.47. The van der Waals surface area contributed by atoms with Gasteiger partial charge in [0.25, 0.3) is 0 Å². The Kier molecular flexibility index (Phi) is 7.17. The van der Waals surface area contributed by atoms with Crippen molar-refractivity contribution in [2.45, 2.75) is 30.4 Å². The van der Waals surface area contributed by atoms with Crippen LogP contribution in [0.3, 0.4) is 0 Å². The maximum absolute atomic E-state index is 11.9. The highest BCUT2D eigenvalue weighted by molar-refractivity contribution is 8.22. The van der Waals surface area contributed by atoms with E-state index in [0.717, 1.165) is 17.9 Å². The van der Waals surface area contributed by atoms with Crippen molar-refractivity contribution in [3.8, 4) is 0 Å². The summed E-state index contributed by atoms with van der Waals surface area (Å²) in [5, 5.41) is 2.74. The van der Waals surface area contributed by atoms with Gasteiger partial charge >= 0.3 is 0 Å². The van der Waals surface area contributed by atoms with Crippen molar-refractivity contribution in [3.63, 3.8) is 0 Å². The zero-order valence-electron chi connectivity index (χ0n) is 9.99. The Bertz CT molecular complexity index is 233. The van der Waals surface area contributed by atoms with Gasteiger partial charge in [-0.3, -0.25) is 4.79 Å². The maximum Gasteiger partial charge on any atom is 0.247 e. The average molecular weight is 285 g/mol. The highest BCUT2D eigenvalue weighted by Crippen LogP contribution is 2.47. The average Bonchev–Trinajstić information content (AvgIpc) is 2.65. The van der Waals surface area contributed by atoms with Crippen LogP contribution in [0.5, 0.6) is 0 Å². The van der Waals surface area contributed by atoms with Crippen LogP contribution in [0.2, 0.25) is 0 Å². The molecule has 1 atom stereocenters. The molecule has 0 bridgehead atoms. The second-order valence-electron chi connectivity index (χ2n) is 4.18. The lowest BCUT2D eigenvalue weighted by Crippen LogP contribution is -2.52. The van der Waals surface area contributed by atoms with E-state index in [4.69, 9.17) is 5.73 Å². The number of carbonyl (C=O) groups is 1. The molecule has 0 saturated carbocycles. The van der Waals surface area contributed by atoms with Crippen LogP contribution >= 0.6 is 35.9 Å². The SMILES string of the molecule is CNC(=O)C1(C(N)CC(C)C)SCCS1.Cl. The molecule has 1 heterocycles. The van der Waals surface area contributed by atoms with Gasteiger partial charge in [-0.05, 0) is 12.3 Å². The number of rotatable bonds is 4. The van der Waals surface area contributed by atoms with E-state index in [1.807, 2.05) is 0 Å². The van der Waals surface area contributed by atoms with Gasteiger partial charge in [0.2, 0.25) is 5.91 Å². The van der Waals surface area contributed by atoms with E-state index in [1.54, 1.807) is 30.6 Å². The minimum atomic E-state index is -0.445. The van der Waals surface area contributed by atoms with Gasteiger partial charge < -0.3 is 11.1 Å². The van der Waals surface area contributed by atoms with Gasteiger partial charge in [-0.1, -0.05) is 13.8 Å². The standard InChI is InChI=1S/C10H20N2OS2.ClH/c1-7(2)6-8(11)10(9(13)12-3)14-4-5-15-10;/h7-8H,4-6,11H2,1-3H3,(H,12,13);1H. The molecule has 0 aromatic carbocycles. The van der Waals surface area contributed by atoms with Crippen molar-refractivity contribution >= 4 is 41.8 Å². The third kappa shape index (κ3) is 3.45. The Labute approximate surface area is 112 Å². The molecule has 1 rings (SSSR count). The fourth-order valence-electron chi connectivity index (χ4n) is 1.78. The molecule has 1 saturated heterocycles. The molecular formula is C10H21ClN2OS2. The first-order valence-corrected chi connectivity index (χ1v) is 7.25. The summed E-state index contributed by atoms with van der Waals surface area (Å²) in [7, 11) is 1.69. The van der Waals surface area contributed by atoms with E-state index >= 15 is 0 Å². The van der Waals surface area contributed by atoms with Crippen LogP contribution in [0.1, 0.15) is 20.3 Å². The molecule has 96 valence electrons. The number of thioether (sulfide) groups is 2. The summed E-state index contributed by atoms with van der Waals surface area (Å²) in [6, 6.07) is -0.0602. The summed E-state index contributed by atoms with van der Waals surface area (Å²) in [6.07, 6.45) is 0.896. The van der Waals surface area contributed by atoms with E-state index in [-0.39, 0.29) is 24.4 Å². The van der Waals surface area contributed by atoms with Crippen molar-refractivity contribution in [2.75, 3.05) is 18.6 Å². The Morgan fingerprint density at radius 2 is 1.94 bits per heavy atom. The zero-order chi connectivity index (χ0) is 11.5. The van der Waals surface area contributed by atoms with E-state index in [9.17, 15) is 4.79 Å². The van der Waals surface area contributed by atoms with Crippen molar-refractivity contribution in [2.24, 2.45) is 11.7 Å². The molecule has 3 nitrogen and oxygen atoms in total. The zero-order valence-corrected chi connectivity index (χ0v) is 12.4. The van der Waals surface area contributed by atoms with Crippen molar-refractivity contribution < 1.29 is 4.79 Å². The molecule has 0 aromatic rings. The fourth-order valence-corrected chi connectivity index (χ4v) is 4.97. The van der Waals surface area contributed by atoms with Crippen LogP contribution in [0.25, 0.3) is 0 Å². The molecule has 0 aromatic heterocycles. The number of halogens is 1. The van der Waals surface area contributed by atoms with Crippen LogP contribution in [0, 0.1) is 5.92 Å². The topological polar surface area (TPSA) is 55.1 Å². The van der Waals surface area contributed by atoms with Gasteiger partial charge in [0.15, 0.2) is 4.08 Å². The first-order valence-electron chi connectivity index (χ1n) is 5.28. The molecule has 1 unspecified atom stereocenters. The normalized spacial score (nSPS) is 20.3. The summed E-state index contributed by atoms with van der Waals surface area (Å²) in [6.45, 7) is 4.28. The summed E-state index contributed by atoms with van der Waals surface area (Å²) in [5.41, 5.74) is 6.19. The lowest BCUT2D eigenvalue weighted by molar-refractivity contribution is -0.121. The van der Waals surface area contributed by atoms with Gasteiger partial charge in [0.05, 0.1) is 0 Å². The molecule has 16 heavy (non-hydrogen) atoms. The van der Waals surface area contributed by atoms with Crippen LogP contribution in [0.15, 0.2) is 0 Å². The molecular weight excluding hydrogens is 264 g/mol. The van der Waals surface area contributed by atoms with Crippen LogP contribution in [-0.4, -0.2) is 34.6 Å². The lowest BCUT2D eigenvalue weighted by Gasteiger charge is -2.32. The van der Waals surface area contributed by atoms with Crippen molar-refractivity contribution in [1.82, 2.24) is 5.32 Å². The Morgan fingerprint density at radius 3 is 2.31 bits per heavy atom. The highest BCUT2D eigenvalue weighted by atomic mass is 35.5. The van der Waals surface area contributed by atoms with E-state index < -0.39 is 4.08 Å². The first kappa shape index (κ1) is 16.4. The maximum atomic E-state index is 11.9. The van der Waals surface area contributed by atoms with E-state index in [1.165, 1.54) is 0 Å². The molecule has 0 aliphatic carbocycles. The predicted molar refractivity (Wildman–Crippen MR) is 76.4 cm³/mol. The molecule has 6 heteroatoms. The fraction of sp³-hybridized carbons (Fsp3) is 0.900. The van der Waals surface area contributed by atoms with Gasteiger partial charge in [-0.15, -0.1) is 35.9 Å². The lowest BCUT2D eigenvalue weighted by atomic mass is 10.0. The molecule has 1 amide bonds. The molecule has 0 radical (unpaired) electrons. The monoisotopic (exact) mass is 284 g/mol. The van der Waals surface area contributed by atoms with Gasteiger partial charge in [-0.2, -0.15) is 0 Å². The minimum absolute atomic E-state index is 0. The number of nitrogens with one attached hydrogen (secondary N) is 1. The van der Waals surface area contributed by atoms with Crippen LogP contribution in [0.4, 0.5) is 0 Å². The van der Waals surface area contributed by atoms with Gasteiger partial charge in [-0.25, -0.2) is 0 Å². The molecule has 0 spiro atoms. The van der Waals surface area contributed by atoms with Crippen molar-refractivity contribution in [1.29, 1.82) is 0 Å². The molecule has 1 aliphatic heterocycles. The first-order chi connectivity index (χ1) is 7.03. The smallest absolute Gasteiger partial charge is 0.247 e. The number of hydrogen-bond donors (Lipinski definition) is 2. The third-order valence-electron chi connectivity index (χ3n) is 2.47. The minimum Gasteiger partial charge on any atom is -0.357 e. The van der Waals surface area contributed by atoms with E-state index in [0.29, 0.717) is 5.92 Å². The van der Waals surface area contributed by atoms with Crippen molar-refractivity contribution in [3.05, 3.63) is 0 Å². The molecule has 3 N–H and O–H groups in total. The van der Waals surface area contributed by atoms with Crippen LogP contribution < -0.4 is 11.1 Å². The summed E-state index contributed by atoms with van der Waals surface area (Å²) < 4.78 is -0.445. The quantitative estimate of drug-likeness (QED) is 0.825. The Balaban J connectivity index is 0.00000225. The molecule has 1 fully saturated rings. The van der Waals surface area contributed by atoms with E-state index in [2.05, 4.69) is 19.2 Å². The summed E-state index contributed by atoms with van der Waals surface area (Å²) in [4.78, 5) is 11.9. The number of amides is 1. The largest absolute Gasteiger partial charge is 0.357 e. The number of carbonyl (C=O) groups excluding carboxylic acids is 1. The van der Waals surface area contributed by atoms with Gasteiger partial charge in [0, 0.05) is 24.6 Å². The second-order valence-corrected chi connectivity index (χ2v) is 7.12. The number of nitrogens with two attached hydrogens (primary N) is 1. The molecule has 1 aliphatic rings. The van der Waals surface area contributed by atoms with Gasteiger partial charge in [0.1, 0.15) is 0 Å². The summed E-state index contributed by atoms with van der Waals surface area (Å²) >= 11 is 3.40. The predicted octanol–water partition coefficient (Wildman–Crippen LogP) is 1.70. The Hall–Kier alpha value is 0.420. The second kappa shape index (κ2) is 6.99. The third-order valence-corrected chi connectivity index (χ3v) is 6.09. The Morgan fingerprint density at radius 1 is 1.44 bits per heavy atom. The number of hydrogen-bond acceptors (Lipinski definition) is 4. The summed E-state index contributed by atoms with van der Waals surface area (Å²) in [5.74, 6) is 2.64. The van der Waals surface area contributed by atoms with Crippen LogP contribution in [-0.2, 0) is 4.79 Å².